The van der Waals surface area contributed by atoms with Crippen molar-refractivity contribution in [1.82, 2.24) is 5.32 Å². The quantitative estimate of drug-likeness (QED) is 0.750. The third-order valence-electron chi connectivity index (χ3n) is 4.56. The number of carbonyl (C=O) groups is 1. The highest BCUT2D eigenvalue weighted by molar-refractivity contribution is 5.78. The minimum absolute atomic E-state index is 0.0399. The van der Waals surface area contributed by atoms with E-state index in [-0.39, 0.29) is 11.4 Å². The van der Waals surface area contributed by atoms with Gasteiger partial charge in [0.2, 0.25) is 0 Å². The minimum Gasteiger partial charge on any atom is -0.490 e. The molecule has 0 unspecified atom stereocenters. The predicted octanol–water partition coefficient (Wildman–Crippen LogP) is 3.05. The Bertz CT molecular complexity index is 504. The lowest BCUT2D eigenvalue weighted by Gasteiger charge is -2.39. The van der Waals surface area contributed by atoms with Crippen LogP contribution in [0.4, 0.5) is 0 Å². The number of hydrogen-bond donors (Lipinski definition) is 1. The molecule has 3 rings (SSSR count). The van der Waals surface area contributed by atoms with Crippen LogP contribution in [0.25, 0.3) is 0 Å². The summed E-state index contributed by atoms with van der Waals surface area (Å²) < 4.78 is 11.0. The van der Waals surface area contributed by atoms with Gasteiger partial charge in [0.05, 0.1) is 18.1 Å². The average Bonchev–Trinajstić information content (AvgIpc) is 3.28. The van der Waals surface area contributed by atoms with Crippen LogP contribution in [0, 0.1) is 5.41 Å². The zero-order valence-electron chi connectivity index (χ0n) is 13.3. The SMILES string of the molecule is CCOC(=O)C1(CNCc2ccc(OC3CC3)cc2)CCC1. The molecule has 4 nitrogen and oxygen atoms in total. The van der Waals surface area contributed by atoms with E-state index >= 15 is 0 Å². The zero-order valence-corrected chi connectivity index (χ0v) is 13.3. The Morgan fingerprint density at radius 3 is 2.55 bits per heavy atom. The van der Waals surface area contributed by atoms with Crippen LogP contribution in [-0.4, -0.2) is 25.2 Å². The number of carbonyl (C=O) groups excluding carboxylic acids is 1. The molecule has 1 aromatic carbocycles. The third-order valence-corrected chi connectivity index (χ3v) is 4.56. The number of hydrogen-bond acceptors (Lipinski definition) is 4. The molecular formula is C18H25NO3. The van der Waals surface area contributed by atoms with Crippen molar-refractivity contribution >= 4 is 5.97 Å². The van der Waals surface area contributed by atoms with Crippen molar-refractivity contribution in [3.63, 3.8) is 0 Å². The van der Waals surface area contributed by atoms with E-state index < -0.39 is 0 Å². The Kier molecular flexibility index (Phi) is 4.67. The standard InChI is InChI=1S/C18H25NO3/c1-2-21-17(20)18(10-3-11-18)13-19-12-14-4-6-15(7-5-14)22-16-8-9-16/h4-7,16,19H,2-3,8-13H2,1H3. The van der Waals surface area contributed by atoms with Crippen LogP contribution in [0.1, 0.15) is 44.6 Å². The maximum atomic E-state index is 12.1. The van der Waals surface area contributed by atoms with E-state index in [9.17, 15) is 4.79 Å². The maximum Gasteiger partial charge on any atom is 0.313 e. The molecule has 2 saturated carbocycles. The van der Waals surface area contributed by atoms with E-state index in [1.54, 1.807) is 0 Å². The molecule has 0 atom stereocenters. The van der Waals surface area contributed by atoms with Crippen LogP contribution in [0.3, 0.4) is 0 Å². The van der Waals surface area contributed by atoms with Crippen LogP contribution in [0.5, 0.6) is 5.75 Å². The number of rotatable bonds is 8. The van der Waals surface area contributed by atoms with Crippen LogP contribution in [0.2, 0.25) is 0 Å². The molecule has 0 heterocycles. The molecule has 22 heavy (non-hydrogen) atoms. The van der Waals surface area contributed by atoms with Gasteiger partial charge in [-0.2, -0.15) is 0 Å². The smallest absolute Gasteiger partial charge is 0.313 e. The molecule has 0 saturated heterocycles. The number of benzene rings is 1. The summed E-state index contributed by atoms with van der Waals surface area (Å²) >= 11 is 0. The molecule has 120 valence electrons. The van der Waals surface area contributed by atoms with Crippen molar-refractivity contribution in [3.05, 3.63) is 29.8 Å². The Hall–Kier alpha value is -1.55. The second-order valence-corrected chi connectivity index (χ2v) is 6.42. The van der Waals surface area contributed by atoms with Crippen LogP contribution in [0.15, 0.2) is 24.3 Å². The molecule has 4 heteroatoms. The van der Waals surface area contributed by atoms with Gasteiger partial charge in [-0.05, 0) is 50.3 Å². The summed E-state index contributed by atoms with van der Waals surface area (Å²) in [7, 11) is 0. The number of nitrogens with one attached hydrogen (secondary N) is 1. The summed E-state index contributed by atoms with van der Waals surface area (Å²) in [6.45, 7) is 3.79. The van der Waals surface area contributed by atoms with E-state index in [1.807, 2.05) is 19.1 Å². The van der Waals surface area contributed by atoms with Crippen molar-refractivity contribution in [2.45, 2.75) is 51.7 Å². The topological polar surface area (TPSA) is 47.6 Å². The highest BCUT2D eigenvalue weighted by Crippen LogP contribution is 2.41. The van der Waals surface area contributed by atoms with Gasteiger partial charge < -0.3 is 14.8 Å². The van der Waals surface area contributed by atoms with E-state index in [2.05, 4.69) is 17.4 Å². The van der Waals surface area contributed by atoms with E-state index in [4.69, 9.17) is 9.47 Å². The fraction of sp³-hybridized carbons (Fsp3) is 0.611. The Labute approximate surface area is 132 Å². The van der Waals surface area contributed by atoms with Crippen molar-refractivity contribution in [1.29, 1.82) is 0 Å². The highest BCUT2D eigenvalue weighted by Gasteiger charge is 2.45. The molecule has 1 N–H and O–H groups in total. The fourth-order valence-electron chi connectivity index (χ4n) is 2.85. The lowest BCUT2D eigenvalue weighted by atomic mass is 9.68. The lowest BCUT2D eigenvalue weighted by Crippen LogP contribution is -2.47. The van der Waals surface area contributed by atoms with Gasteiger partial charge in [0.15, 0.2) is 0 Å². The summed E-state index contributed by atoms with van der Waals surface area (Å²) in [6.07, 6.45) is 5.79. The van der Waals surface area contributed by atoms with Crippen molar-refractivity contribution in [2.24, 2.45) is 5.41 Å². The maximum absolute atomic E-state index is 12.1. The molecular weight excluding hydrogens is 278 g/mol. The number of ether oxygens (including phenoxy) is 2. The fourth-order valence-corrected chi connectivity index (χ4v) is 2.85. The van der Waals surface area contributed by atoms with E-state index in [1.165, 1.54) is 18.4 Å². The molecule has 1 aromatic rings. The molecule has 2 aliphatic carbocycles. The van der Waals surface area contributed by atoms with Crippen LogP contribution >= 0.6 is 0 Å². The van der Waals surface area contributed by atoms with Crippen molar-refractivity contribution < 1.29 is 14.3 Å². The Morgan fingerprint density at radius 1 is 1.27 bits per heavy atom. The van der Waals surface area contributed by atoms with Gasteiger partial charge in [-0.15, -0.1) is 0 Å². The minimum atomic E-state index is -0.287. The molecule has 2 aliphatic rings. The van der Waals surface area contributed by atoms with Gasteiger partial charge in [0.1, 0.15) is 5.75 Å². The Balaban J connectivity index is 1.46. The average molecular weight is 303 g/mol. The van der Waals surface area contributed by atoms with Gasteiger partial charge in [-0.1, -0.05) is 18.6 Å². The molecule has 2 fully saturated rings. The second-order valence-electron chi connectivity index (χ2n) is 6.42. The van der Waals surface area contributed by atoms with E-state index in [0.29, 0.717) is 19.3 Å². The highest BCUT2D eigenvalue weighted by atomic mass is 16.5. The second kappa shape index (κ2) is 6.69. The normalized spacial score (nSPS) is 19.3. The first kappa shape index (κ1) is 15.3. The molecule has 0 amide bonds. The van der Waals surface area contributed by atoms with Crippen LogP contribution in [-0.2, 0) is 16.1 Å². The summed E-state index contributed by atoms with van der Waals surface area (Å²) in [5.41, 5.74) is 0.923. The summed E-state index contributed by atoms with van der Waals surface area (Å²) in [5.74, 6) is 0.912. The first-order valence-electron chi connectivity index (χ1n) is 8.35. The summed E-state index contributed by atoms with van der Waals surface area (Å²) in [4.78, 5) is 12.1. The zero-order chi connectivity index (χ0) is 15.4. The largest absolute Gasteiger partial charge is 0.490 e. The van der Waals surface area contributed by atoms with Crippen molar-refractivity contribution in [3.8, 4) is 5.75 Å². The summed E-state index contributed by atoms with van der Waals surface area (Å²) in [5, 5.41) is 3.41. The van der Waals surface area contributed by atoms with Gasteiger partial charge >= 0.3 is 5.97 Å². The summed E-state index contributed by atoms with van der Waals surface area (Å²) in [6, 6.07) is 8.23. The molecule has 0 spiro atoms. The van der Waals surface area contributed by atoms with Gasteiger partial charge in [-0.3, -0.25) is 4.79 Å². The lowest BCUT2D eigenvalue weighted by molar-refractivity contribution is -0.160. The predicted molar refractivity (Wildman–Crippen MR) is 84.7 cm³/mol. The molecule has 0 aromatic heterocycles. The van der Waals surface area contributed by atoms with Crippen LogP contribution < -0.4 is 10.1 Å². The van der Waals surface area contributed by atoms with Gasteiger partial charge in [0, 0.05) is 13.1 Å². The van der Waals surface area contributed by atoms with E-state index in [0.717, 1.165) is 31.6 Å². The first-order chi connectivity index (χ1) is 10.7. The molecule has 0 bridgehead atoms. The van der Waals surface area contributed by atoms with Gasteiger partial charge in [-0.25, -0.2) is 0 Å². The monoisotopic (exact) mass is 303 g/mol. The van der Waals surface area contributed by atoms with Crippen molar-refractivity contribution in [2.75, 3.05) is 13.2 Å². The number of esters is 1. The molecule has 0 aliphatic heterocycles. The Morgan fingerprint density at radius 2 is 2.00 bits per heavy atom. The molecule has 0 radical (unpaired) electrons. The third kappa shape index (κ3) is 3.61. The first-order valence-corrected chi connectivity index (χ1v) is 8.35. The van der Waals surface area contributed by atoms with Gasteiger partial charge in [0.25, 0.3) is 0 Å².